The third kappa shape index (κ3) is 5.91. The molecule has 2 aliphatic carbocycles. The zero-order chi connectivity index (χ0) is 48.0. The van der Waals surface area contributed by atoms with Gasteiger partial charge in [-0.05, 0) is 158 Å². The lowest BCUT2D eigenvalue weighted by molar-refractivity contribution is 0.199. The van der Waals surface area contributed by atoms with Crippen LogP contribution in [-0.4, -0.2) is 12.4 Å². The molecule has 7 aromatic rings. The van der Waals surface area contributed by atoms with E-state index in [2.05, 4.69) is 211 Å². The van der Waals surface area contributed by atoms with E-state index in [4.69, 9.17) is 4.42 Å². The molecule has 4 heterocycles. The van der Waals surface area contributed by atoms with Gasteiger partial charge in [-0.2, -0.15) is 0 Å². The molecular weight excluding hydrogens is 824 g/mol. The highest BCUT2D eigenvalue weighted by atomic mass is 16.3. The summed E-state index contributed by atoms with van der Waals surface area (Å²) in [4.78, 5) is 5.74. The van der Waals surface area contributed by atoms with Gasteiger partial charge in [-0.1, -0.05) is 164 Å². The summed E-state index contributed by atoms with van der Waals surface area (Å²) in [5.41, 5.74) is 23.8. The van der Waals surface area contributed by atoms with E-state index < -0.39 is 0 Å². The van der Waals surface area contributed by atoms with E-state index in [1.54, 1.807) is 5.56 Å². The molecule has 12 rings (SSSR count). The van der Waals surface area contributed by atoms with Gasteiger partial charge in [0.15, 0.2) is 0 Å². The van der Waals surface area contributed by atoms with E-state index in [0.29, 0.717) is 0 Å². The molecular formula is C64H73BN2O. The number of anilines is 4. The summed E-state index contributed by atoms with van der Waals surface area (Å²) < 4.78 is 7.23. The highest BCUT2D eigenvalue weighted by molar-refractivity contribution is 6.93. The smallest absolute Gasteiger partial charge is 0.328 e. The molecule has 3 aliphatic heterocycles. The van der Waals surface area contributed by atoms with Gasteiger partial charge in [0, 0.05) is 38.8 Å². The summed E-state index contributed by atoms with van der Waals surface area (Å²) in [5.74, 6) is 0. The SMILES string of the molecule is CC(C)(C)c1ccc(N2c3cc(C(C)(C)C)cc4c3B(c3ccc5oc6cc7c(cc6c5c32)C(C)(C)CCC7(C)C)N2c3c-4cc(C(C)(C)C)cc3C3(C)CCCCC23C)c(-c2ccccc2)c1. The molecule has 0 bridgehead atoms. The van der Waals surface area contributed by atoms with Crippen molar-refractivity contribution in [1.82, 2.24) is 0 Å². The van der Waals surface area contributed by atoms with Gasteiger partial charge < -0.3 is 14.1 Å². The first-order valence-corrected chi connectivity index (χ1v) is 26.0. The van der Waals surface area contributed by atoms with Crippen LogP contribution in [0.15, 0.2) is 101 Å². The number of nitrogens with zero attached hydrogens (tertiary/aromatic N) is 2. The Balaban J connectivity index is 1.28. The predicted molar refractivity (Wildman–Crippen MR) is 292 cm³/mol. The van der Waals surface area contributed by atoms with Crippen LogP contribution >= 0.6 is 0 Å². The largest absolute Gasteiger partial charge is 0.456 e. The second-order valence-corrected chi connectivity index (χ2v) is 26.8. The van der Waals surface area contributed by atoms with Crippen LogP contribution in [0.1, 0.15) is 176 Å². The van der Waals surface area contributed by atoms with Crippen LogP contribution in [0.25, 0.3) is 44.2 Å². The van der Waals surface area contributed by atoms with Crippen LogP contribution in [0.4, 0.5) is 22.7 Å². The molecule has 0 spiro atoms. The summed E-state index contributed by atoms with van der Waals surface area (Å²) in [6, 6.07) is 38.9. The van der Waals surface area contributed by atoms with E-state index in [0.717, 1.165) is 17.6 Å². The van der Waals surface area contributed by atoms with E-state index >= 15 is 0 Å². The average Bonchev–Trinajstić information content (AvgIpc) is 3.75. The van der Waals surface area contributed by atoms with Crippen molar-refractivity contribution in [3.8, 4) is 22.3 Å². The Morgan fingerprint density at radius 1 is 0.515 bits per heavy atom. The van der Waals surface area contributed by atoms with Gasteiger partial charge >= 0.3 is 6.85 Å². The van der Waals surface area contributed by atoms with E-state index in [1.807, 2.05) is 0 Å². The predicted octanol–water partition coefficient (Wildman–Crippen LogP) is 16.5. The van der Waals surface area contributed by atoms with Crippen molar-refractivity contribution in [2.45, 2.75) is 180 Å². The highest BCUT2D eigenvalue weighted by Crippen LogP contribution is 2.64. The Bertz CT molecular complexity index is 3290. The lowest BCUT2D eigenvalue weighted by atomic mass is 9.42. The molecule has 3 nitrogen and oxygen atoms in total. The van der Waals surface area contributed by atoms with Crippen molar-refractivity contribution in [3.63, 3.8) is 0 Å². The van der Waals surface area contributed by atoms with Crippen LogP contribution in [0.5, 0.6) is 0 Å². The summed E-state index contributed by atoms with van der Waals surface area (Å²) in [5, 5.41) is 2.47. The maximum Gasteiger partial charge on any atom is 0.328 e. The van der Waals surface area contributed by atoms with Crippen LogP contribution in [0, 0.1) is 0 Å². The van der Waals surface area contributed by atoms with Crippen molar-refractivity contribution < 1.29 is 4.42 Å². The Morgan fingerprint density at radius 3 is 1.81 bits per heavy atom. The molecule has 5 aliphatic rings. The third-order valence-electron chi connectivity index (χ3n) is 18.5. The fraction of sp³-hybridized carbons (Fsp3) is 0.438. The minimum atomic E-state index is -0.106. The van der Waals surface area contributed by atoms with Gasteiger partial charge in [0.05, 0.1) is 16.8 Å². The minimum absolute atomic E-state index is 0.00386. The molecule has 348 valence electrons. The van der Waals surface area contributed by atoms with Crippen molar-refractivity contribution in [3.05, 3.63) is 130 Å². The minimum Gasteiger partial charge on any atom is -0.456 e. The maximum absolute atomic E-state index is 7.23. The highest BCUT2D eigenvalue weighted by Gasteiger charge is 2.63. The number of hydrogen-bond donors (Lipinski definition) is 0. The summed E-state index contributed by atoms with van der Waals surface area (Å²) in [6.07, 6.45) is 7.21. The third-order valence-corrected chi connectivity index (χ3v) is 18.5. The number of hydrogen-bond acceptors (Lipinski definition) is 3. The second-order valence-electron chi connectivity index (χ2n) is 26.8. The maximum atomic E-state index is 7.23. The van der Waals surface area contributed by atoms with Crippen molar-refractivity contribution in [2.75, 3.05) is 9.71 Å². The second kappa shape index (κ2) is 13.8. The summed E-state index contributed by atoms with van der Waals surface area (Å²) in [7, 11) is 0. The van der Waals surface area contributed by atoms with Gasteiger partial charge in [-0.25, -0.2) is 0 Å². The zero-order valence-electron chi connectivity index (χ0n) is 43.9. The van der Waals surface area contributed by atoms with Gasteiger partial charge in [-0.3, -0.25) is 0 Å². The van der Waals surface area contributed by atoms with E-state index in [1.165, 1.54) is 127 Å². The Kier molecular flexibility index (Phi) is 8.91. The van der Waals surface area contributed by atoms with Crippen molar-refractivity contribution in [2.24, 2.45) is 0 Å². The number of furan rings is 1. The molecule has 2 unspecified atom stereocenters. The zero-order valence-corrected chi connectivity index (χ0v) is 43.9. The summed E-state index contributed by atoms with van der Waals surface area (Å²) in [6.45, 7) is 36.6. The first kappa shape index (κ1) is 44.0. The Hall–Kier alpha value is -5.22. The standard InChI is InChI=1S/C64H73BN2O/c1-58(2,3)39-23-25-50(42(31-39)38-21-17-16-18-22-38)66-51-35-41(60(7,8)9)32-43-44-33-40(59(4,5)6)34-48-56(44)67(64(15)28-20-19-27-63(48,64)14)65(55(43)51)49-24-26-52-54(57(49)66)45-36-46-47(37-53(45)68-52)62(12,13)30-29-61(46,10)11/h16-18,21-26,31-37H,19-20,27-30H2,1-15H3. The molecule has 0 radical (unpaired) electrons. The van der Waals surface area contributed by atoms with E-state index in [-0.39, 0.29) is 44.9 Å². The molecule has 4 heteroatoms. The van der Waals surface area contributed by atoms with Gasteiger partial charge in [0.25, 0.3) is 0 Å². The van der Waals surface area contributed by atoms with Crippen molar-refractivity contribution >= 4 is 62.5 Å². The number of fused-ring (bicyclic) bond motifs is 12. The Labute approximate surface area is 407 Å². The Morgan fingerprint density at radius 2 is 1.13 bits per heavy atom. The van der Waals surface area contributed by atoms with Crippen molar-refractivity contribution in [1.29, 1.82) is 0 Å². The quantitative estimate of drug-likeness (QED) is 0.161. The molecule has 1 aromatic heterocycles. The number of benzene rings is 6. The number of rotatable bonds is 2. The van der Waals surface area contributed by atoms with Crippen LogP contribution in [0.2, 0.25) is 0 Å². The molecule has 6 aromatic carbocycles. The molecule has 2 atom stereocenters. The first-order valence-electron chi connectivity index (χ1n) is 26.0. The summed E-state index contributed by atoms with van der Waals surface area (Å²) >= 11 is 0. The molecule has 68 heavy (non-hydrogen) atoms. The van der Waals surface area contributed by atoms with Gasteiger partial charge in [-0.15, -0.1) is 0 Å². The fourth-order valence-electron chi connectivity index (χ4n) is 13.9. The van der Waals surface area contributed by atoms with Gasteiger partial charge in [0.1, 0.15) is 11.2 Å². The van der Waals surface area contributed by atoms with Crippen LogP contribution in [-0.2, 0) is 32.5 Å². The molecule has 1 fully saturated rings. The first-order chi connectivity index (χ1) is 31.8. The van der Waals surface area contributed by atoms with Gasteiger partial charge in [0.2, 0.25) is 0 Å². The van der Waals surface area contributed by atoms with Crippen LogP contribution < -0.4 is 20.6 Å². The van der Waals surface area contributed by atoms with E-state index in [9.17, 15) is 0 Å². The molecule has 0 saturated heterocycles. The fourth-order valence-corrected chi connectivity index (χ4v) is 13.9. The molecule has 0 N–H and O–H groups in total. The van der Waals surface area contributed by atoms with Crippen LogP contribution in [0.3, 0.4) is 0 Å². The molecule has 1 saturated carbocycles. The lowest BCUT2D eigenvalue weighted by Gasteiger charge is -2.55. The lowest BCUT2D eigenvalue weighted by Crippen LogP contribution is -2.70. The normalized spacial score (nSPS) is 22.2. The topological polar surface area (TPSA) is 19.6 Å². The molecule has 0 amide bonds. The average molecular weight is 897 g/mol. The monoisotopic (exact) mass is 897 g/mol.